The zero-order chi connectivity index (χ0) is 9.14. The van der Waals surface area contributed by atoms with Crippen LogP contribution in [0.4, 0.5) is 0 Å². The molecule has 1 rings (SSSR count). The summed E-state index contributed by atoms with van der Waals surface area (Å²) < 4.78 is 0. The van der Waals surface area contributed by atoms with Crippen LogP contribution in [0.1, 0.15) is 15.9 Å². The highest BCUT2D eigenvalue weighted by molar-refractivity contribution is 5.94. The predicted octanol–water partition coefficient (Wildman–Crippen LogP) is -0.655. The molecular weight excluding hydrogens is 158 g/mol. The minimum atomic E-state index is -0.895. The summed E-state index contributed by atoms with van der Waals surface area (Å²) in [6.45, 7) is 0. The van der Waals surface area contributed by atoms with Gasteiger partial charge in [0.1, 0.15) is 11.6 Å². The summed E-state index contributed by atoms with van der Waals surface area (Å²) in [6, 6.07) is 3.02. The number of nitrogens with two attached hydrogens (primary N) is 1. The standard InChI is InChI=1S/C7H5N3O2/c8-3-4-1-2-10-7(12)5(4)6(9)11/h1-2H,(H2,9,11)(H,10,12). The number of nitriles is 1. The van der Waals surface area contributed by atoms with E-state index in [-0.39, 0.29) is 11.1 Å². The Morgan fingerprint density at radius 1 is 1.67 bits per heavy atom. The monoisotopic (exact) mass is 163 g/mol. The third kappa shape index (κ3) is 1.18. The molecule has 0 saturated heterocycles. The molecule has 0 aliphatic rings. The lowest BCUT2D eigenvalue weighted by molar-refractivity contribution is 0.0998. The Labute approximate surface area is 67.4 Å². The first-order valence-electron chi connectivity index (χ1n) is 3.08. The molecule has 0 bridgehead atoms. The SMILES string of the molecule is N#Cc1cc[nH]c(=O)c1C(N)=O. The van der Waals surface area contributed by atoms with Gasteiger partial charge in [0.15, 0.2) is 0 Å². The average molecular weight is 163 g/mol. The molecule has 0 fully saturated rings. The van der Waals surface area contributed by atoms with E-state index in [4.69, 9.17) is 11.0 Å². The number of nitrogens with zero attached hydrogens (tertiary/aromatic N) is 1. The average Bonchev–Trinajstić information content (AvgIpc) is 2.03. The fraction of sp³-hybridized carbons (Fsp3) is 0. The molecule has 0 atom stereocenters. The number of primary amides is 1. The molecule has 1 heterocycles. The van der Waals surface area contributed by atoms with E-state index in [1.807, 2.05) is 0 Å². The molecule has 1 aromatic heterocycles. The fourth-order valence-electron chi connectivity index (χ4n) is 0.816. The fourth-order valence-corrected chi connectivity index (χ4v) is 0.816. The van der Waals surface area contributed by atoms with E-state index in [0.29, 0.717) is 0 Å². The maximum Gasteiger partial charge on any atom is 0.262 e. The summed E-state index contributed by atoms with van der Waals surface area (Å²) in [5, 5.41) is 8.48. The van der Waals surface area contributed by atoms with E-state index in [1.54, 1.807) is 6.07 Å². The molecule has 60 valence electrons. The lowest BCUT2D eigenvalue weighted by Crippen LogP contribution is -2.24. The first-order valence-corrected chi connectivity index (χ1v) is 3.08. The maximum absolute atomic E-state index is 10.9. The first kappa shape index (κ1) is 8.01. The van der Waals surface area contributed by atoms with Crippen molar-refractivity contribution in [3.05, 3.63) is 33.7 Å². The van der Waals surface area contributed by atoms with Crippen LogP contribution >= 0.6 is 0 Å². The van der Waals surface area contributed by atoms with Gasteiger partial charge in [-0.15, -0.1) is 0 Å². The van der Waals surface area contributed by atoms with E-state index in [2.05, 4.69) is 4.98 Å². The molecule has 0 aromatic carbocycles. The van der Waals surface area contributed by atoms with E-state index >= 15 is 0 Å². The minimum Gasteiger partial charge on any atom is -0.365 e. The van der Waals surface area contributed by atoms with Gasteiger partial charge in [-0.1, -0.05) is 0 Å². The van der Waals surface area contributed by atoms with Crippen LogP contribution in [0.3, 0.4) is 0 Å². The van der Waals surface area contributed by atoms with Gasteiger partial charge in [-0.25, -0.2) is 0 Å². The smallest absolute Gasteiger partial charge is 0.262 e. The first-order chi connectivity index (χ1) is 5.66. The summed E-state index contributed by atoms with van der Waals surface area (Å²) >= 11 is 0. The van der Waals surface area contributed by atoms with Gasteiger partial charge >= 0.3 is 0 Å². The van der Waals surface area contributed by atoms with Gasteiger partial charge in [0.2, 0.25) is 0 Å². The van der Waals surface area contributed by atoms with Crippen LogP contribution in [0.2, 0.25) is 0 Å². The van der Waals surface area contributed by atoms with Crippen molar-refractivity contribution in [3.63, 3.8) is 0 Å². The molecule has 12 heavy (non-hydrogen) atoms. The Balaban J connectivity index is 3.54. The third-order valence-electron chi connectivity index (χ3n) is 1.33. The van der Waals surface area contributed by atoms with Gasteiger partial charge in [-0.05, 0) is 6.07 Å². The number of pyridine rings is 1. The van der Waals surface area contributed by atoms with Crippen molar-refractivity contribution < 1.29 is 4.79 Å². The molecule has 0 spiro atoms. The third-order valence-corrected chi connectivity index (χ3v) is 1.33. The van der Waals surface area contributed by atoms with Crippen LogP contribution < -0.4 is 11.3 Å². The van der Waals surface area contributed by atoms with E-state index in [1.165, 1.54) is 12.3 Å². The number of hydrogen-bond acceptors (Lipinski definition) is 3. The molecule has 0 aliphatic carbocycles. The number of hydrogen-bond donors (Lipinski definition) is 2. The van der Waals surface area contributed by atoms with Crippen LogP contribution in [0, 0.1) is 11.3 Å². The highest BCUT2D eigenvalue weighted by atomic mass is 16.2. The molecule has 1 aromatic rings. The molecular formula is C7H5N3O2. The second-order valence-corrected chi connectivity index (χ2v) is 2.07. The van der Waals surface area contributed by atoms with E-state index < -0.39 is 11.5 Å². The van der Waals surface area contributed by atoms with Gasteiger partial charge in [0.25, 0.3) is 11.5 Å². The molecule has 0 saturated carbocycles. The number of rotatable bonds is 1. The summed E-state index contributed by atoms with van der Waals surface area (Å²) in [5.41, 5.74) is 3.94. The Kier molecular flexibility index (Phi) is 1.92. The van der Waals surface area contributed by atoms with Crippen molar-refractivity contribution in [2.75, 3.05) is 0 Å². The van der Waals surface area contributed by atoms with Crippen molar-refractivity contribution in [3.8, 4) is 6.07 Å². The lowest BCUT2D eigenvalue weighted by Gasteiger charge is -1.94. The van der Waals surface area contributed by atoms with E-state index in [0.717, 1.165) is 0 Å². The van der Waals surface area contributed by atoms with Gasteiger partial charge < -0.3 is 10.7 Å². The summed E-state index contributed by atoms with van der Waals surface area (Å²) in [7, 11) is 0. The van der Waals surface area contributed by atoms with Gasteiger partial charge in [-0.3, -0.25) is 9.59 Å². The Bertz CT molecular complexity index is 413. The van der Waals surface area contributed by atoms with E-state index in [9.17, 15) is 9.59 Å². The van der Waals surface area contributed by atoms with Crippen molar-refractivity contribution in [1.82, 2.24) is 4.98 Å². The van der Waals surface area contributed by atoms with Crippen molar-refractivity contribution >= 4 is 5.91 Å². The topological polar surface area (TPSA) is 99.7 Å². The Morgan fingerprint density at radius 2 is 2.33 bits per heavy atom. The van der Waals surface area contributed by atoms with Crippen LogP contribution in [0.25, 0.3) is 0 Å². The van der Waals surface area contributed by atoms with Gasteiger partial charge in [0.05, 0.1) is 5.56 Å². The molecule has 5 nitrogen and oxygen atoms in total. The largest absolute Gasteiger partial charge is 0.365 e. The molecule has 5 heteroatoms. The summed E-state index contributed by atoms with van der Waals surface area (Å²) in [6.07, 6.45) is 1.29. The maximum atomic E-state index is 10.9. The zero-order valence-electron chi connectivity index (χ0n) is 6.00. The van der Waals surface area contributed by atoms with Crippen LogP contribution in [0.15, 0.2) is 17.1 Å². The minimum absolute atomic E-state index is 0.00810. The normalized spacial score (nSPS) is 8.92. The number of carbonyl (C=O) groups excluding carboxylic acids is 1. The molecule has 3 N–H and O–H groups in total. The molecule has 0 unspecified atom stereocenters. The predicted molar refractivity (Wildman–Crippen MR) is 40.3 cm³/mol. The molecule has 0 aliphatic heterocycles. The number of carbonyl (C=O) groups is 1. The van der Waals surface area contributed by atoms with Crippen LogP contribution in [-0.4, -0.2) is 10.9 Å². The Morgan fingerprint density at radius 3 is 2.75 bits per heavy atom. The lowest BCUT2D eigenvalue weighted by atomic mass is 10.1. The van der Waals surface area contributed by atoms with Crippen molar-refractivity contribution in [1.29, 1.82) is 5.26 Å². The highest BCUT2D eigenvalue weighted by Gasteiger charge is 2.11. The number of H-pyrrole nitrogens is 1. The van der Waals surface area contributed by atoms with Gasteiger partial charge in [0, 0.05) is 6.20 Å². The summed E-state index contributed by atoms with van der Waals surface area (Å²) in [4.78, 5) is 23.8. The van der Waals surface area contributed by atoms with Crippen LogP contribution in [-0.2, 0) is 0 Å². The second kappa shape index (κ2) is 2.88. The van der Waals surface area contributed by atoms with Crippen LogP contribution in [0.5, 0.6) is 0 Å². The highest BCUT2D eigenvalue weighted by Crippen LogP contribution is 1.98. The van der Waals surface area contributed by atoms with Crippen molar-refractivity contribution in [2.24, 2.45) is 5.73 Å². The zero-order valence-corrected chi connectivity index (χ0v) is 6.00. The number of aromatic nitrogens is 1. The second-order valence-electron chi connectivity index (χ2n) is 2.07. The van der Waals surface area contributed by atoms with Gasteiger partial charge in [-0.2, -0.15) is 5.26 Å². The number of nitrogens with one attached hydrogen (secondary N) is 1. The van der Waals surface area contributed by atoms with Crippen molar-refractivity contribution in [2.45, 2.75) is 0 Å². The quantitative estimate of drug-likeness (QED) is 0.575. The number of aromatic amines is 1. The number of amides is 1. The molecule has 1 amide bonds. The Hall–Kier alpha value is -2.09. The summed E-state index contributed by atoms with van der Waals surface area (Å²) in [5.74, 6) is -0.895. The molecule has 0 radical (unpaired) electrons.